The fourth-order valence-electron chi connectivity index (χ4n) is 2.32. The number of ether oxygens (including phenoxy) is 1. The zero-order chi connectivity index (χ0) is 14.5. The predicted octanol–water partition coefficient (Wildman–Crippen LogP) is 0.602. The summed E-state index contributed by atoms with van der Waals surface area (Å²) in [5.74, 6) is 0.0516. The molecular weight excluding hydrogens is 242 g/mol. The first kappa shape index (κ1) is 16.4. The van der Waals surface area contributed by atoms with Crippen molar-refractivity contribution < 1.29 is 9.53 Å². The molecule has 112 valence electrons. The van der Waals surface area contributed by atoms with Gasteiger partial charge in [0.25, 0.3) is 0 Å². The van der Waals surface area contributed by atoms with E-state index in [4.69, 9.17) is 4.74 Å². The molecule has 0 unspecified atom stereocenters. The molecule has 1 fully saturated rings. The molecule has 0 aromatic heterocycles. The lowest BCUT2D eigenvalue weighted by Crippen LogP contribution is -2.59. The Morgan fingerprint density at radius 2 is 1.79 bits per heavy atom. The number of carbonyl (C=O) groups is 1. The summed E-state index contributed by atoms with van der Waals surface area (Å²) in [7, 11) is 0. The molecule has 0 saturated carbocycles. The number of rotatable bonds is 6. The van der Waals surface area contributed by atoms with Crippen LogP contribution in [0.3, 0.4) is 0 Å². The minimum atomic E-state index is -0.518. The lowest BCUT2D eigenvalue weighted by atomic mass is 10.00. The van der Waals surface area contributed by atoms with Crippen LogP contribution in [0.25, 0.3) is 0 Å². The molecule has 0 aromatic carbocycles. The van der Waals surface area contributed by atoms with Gasteiger partial charge < -0.3 is 15.4 Å². The quantitative estimate of drug-likeness (QED) is 0.743. The van der Waals surface area contributed by atoms with Crippen molar-refractivity contribution in [3.63, 3.8) is 0 Å². The molecule has 2 N–H and O–H groups in total. The van der Waals surface area contributed by atoms with Gasteiger partial charge in [-0.25, -0.2) is 0 Å². The third kappa shape index (κ3) is 4.75. The molecule has 0 spiro atoms. The van der Waals surface area contributed by atoms with Gasteiger partial charge in [0, 0.05) is 25.2 Å². The molecule has 1 amide bonds. The molecule has 0 atom stereocenters. The van der Waals surface area contributed by atoms with Crippen LogP contribution in [0, 0.1) is 0 Å². The van der Waals surface area contributed by atoms with Crippen LogP contribution < -0.4 is 10.6 Å². The summed E-state index contributed by atoms with van der Waals surface area (Å²) in [6.07, 6.45) is 0. The number of hydrogen-bond donors (Lipinski definition) is 2. The van der Waals surface area contributed by atoms with Crippen LogP contribution in [0.4, 0.5) is 0 Å². The summed E-state index contributed by atoms with van der Waals surface area (Å²) in [6.45, 7) is 15.0. The Morgan fingerprint density at radius 1 is 1.21 bits per heavy atom. The van der Waals surface area contributed by atoms with Crippen molar-refractivity contribution in [2.24, 2.45) is 0 Å². The van der Waals surface area contributed by atoms with E-state index in [1.807, 2.05) is 20.8 Å². The van der Waals surface area contributed by atoms with Crippen molar-refractivity contribution >= 4 is 5.91 Å². The fraction of sp³-hybridized carbons (Fsp3) is 0.929. The van der Waals surface area contributed by atoms with Gasteiger partial charge in [0.05, 0.1) is 18.8 Å². The zero-order valence-electron chi connectivity index (χ0n) is 13.0. The molecule has 1 aliphatic heterocycles. The summed E-state index contributed by atoms with van der Waals surface area (Å²) in [4.78, 5) is 14.5. The van der Waals surface area contributed by atoms with Crippen molar-refractivity contribution in [3.05, 3.63) is 0 Å². The van der Waals surface area contributed by atoms with E-state index in [1.165, 1.54) is 0 Å². The highest BCUT2D eigenvalue weighted by Crippen LogP contribution is 2.15. The van der Waals surface area contributed by atoms with Crippen LogP contribution in [-0.2, 0) is 9.53 Å². The maximum absolute atomic E-state index is 12.2. The van der Waals surface area contributed by atoms with Crippen LogP contribution in [-0.4, -0.2) is 61.3 Å². The van der Waals surface area contributed by atoms with Crippen LogP contribution in [0.15, 0.2) is 0 Å². The van der Waals surface area contributed by atoms with Crippen LogP contribution in [0.5, 0.6) is 0 Å². The standard InChI is InChI=1S/C14H29N3O2/c1-6-16-14(4,5)12(18)15-11-13(2,3)17-7-9-19-10-8-17/h16H,6-11H2,1-5H3,(H,15,18). The fourth-order valence-corrected chi connectivity index (χ4v) is 2.32. The first-order chi connectivity index (χ1) is 8.79. The third-order valence-electron chi connectivity index (χ3n) is 3.74. The highest BCUT2D eigenvalue weighted by Gasteiger charge is 2.31. The van der Waals surface area contributed by atoms with Gasteiger partial charge >= 0.3 is 0 Å². The van der Waals surface area contributed by atoms with Crippen molar-refractivity contribution in [2.75, 3.05) is 39.4 Å². The molecule has 1 rings (SSSR count). The number of nitrogens with one attached hydrogen (secondary N) is 2. The summed E-state index contributed by atoms with van der Waals surface area (Å²) >= 11 is 0. The molecule has 0 bridgehead atoms. The van der Waals surface area contributed by atoms with Gasteiger partial charge in [0.1, 0.15) is 0 Å². The Hall–Kier alpha value is -0.650. The van der Waals surface area contributed by atoms with Crippen molar-refractivity contribution in [2.45, 2.75) is 45.7 Å². The molecule has 0 radical (unpaired) electrons. The van der Waals surface area contributed by atoms with Gasteiger partial charge in [0.15, 0.2) is 0 Å². The van der Waals surface area contributed by atoms with E-state index in [0.717, 1.165) is 32.8 Å². The lowest BCUT2D eigenvalue weighted by Gasteiger charge is -2.41. The Bertz CT molecular complexity index is 297. The van der Waals surface area contributed by atoms with E-state index in [0.29, 0.717) is 6.54 Å². The smallest absolute Gasteiger partial charge is 0.239 e. The summed E-state index contributed by atoms with van der Waals surface area (Å²) in [5.41, 5.74) is -0.558. The number of nitrogens with zero attached hydrogens (tertiary/aromatic N) is 1. The van der Waals surface area contributed by atoms with Gasteiger partial charge in [0.2, 0.25) is 5.91 Å². The molecule has 1 aliphatic rings. The Kier molecular flexibility index (Phi) is 5.77. The van der Waals surface area contributed by atoms with Crippen molar-refractivity contribution in [1.82, 2.24) is 15.5 Å². The van der Waals surface area contributed by atoms with Gasteiger partial charge in [-0.2, -0.15) is 0 Å². The maximum atomic E-state index is 12.2. The van der Waals surface area contributed by atoms with Gasteiger partial charge in [-0.3, -0.25) is 9.69 Å². The van der Waals surface area contributed by atoms with Gasteiger partial charge in [-0.05, 0) is 34.2 Å². The maximum Gasteiger partial charge on any atom is 0.239 e. The second-order valence-electron chi connectivity index (χ2n) is 6.25. The Balaban J connectivity index is 2.47. The summed E-state index contributed by atoms with van der Waals surface area (Å²) in [5, 5.41) is 6.25. The second kappa shape index (κ2) is 6.68. The summed E-state index contributed by atoms with van der Waals surface area (Å²) < 4.78 is 5.37. The minimum Gasteiger partial charge on any atom is -0.379 e. The molecular formula is C14H29N3O2. The topological polar surface area (TPSA) is 53.6 Å². The number of likely N-dealkylation sites (N-methyl/N-ethyl adjacent to an activating group) is 1. The average molecular weight is 271 g/mol. The molecule has 1 heterocycles. The monoisotopic (exact) mass is 271 g/mol. The minimum absolute atomic E-state index is 0.0399. The van der Waals surface area contributed by atoms with Crippen molar-refractivity contribution in [3.8, 4) is 0 Å². The van der Waals surface area contributed by atoms with Crippen LogP contribution in [0.2, 0.25) is 0 Å². The number of carbonyl (C=O) groups excluding carboxylic acids is 1. The molecule has 0 aliphatic carbocycles. The van der Waals surface area contributed by atoms with E-state index in [1.54, 1.807) is 0 Å². The molecule has 1 saturated heterocycles. The first-order valence-corrected chi connectivity index (χ1v) is 7.16. The zero-order valence-corrected chi connectivity index (χ0v) is 13.0. The van der Waals surface area contributed by atoms with E-state index >= 15 is 0 Å². The normalized spacial score (nSPS) is 18.4. The summed E-state index contributed by atoms with van der Waals surface area (Å²) in [6, 6.07) is 0. The van der Waals surface area contributed by atoms with Gasteiger partial charge in [-0.1, -0.05) is 6.92 Å². The van der Waals surface area contributed by atoms with E-state index < -0.39 is 5.54 Å². The SMILES string of the molecule is CCNC(C)(C)C(=O)NCC(C)(C)N1CCOCC1. The van der Waals surface area contributed by atoms with Crippen LogP contribution >= 0.6 is 0 Å². The highest BCUT2D eigenvalue weighted by molar-refractivity contribution is 5.85. The Morgan fingerprint density at radius 3 is 2.32 bits per heavy atom. The molecule has 0 aromatic rings. The largest absolute Gasteiger partial charge is 0.379 e. The number of hydrogen-bond acceptors (Lipinski definition) is 4. The van der Waals surface area contributed by atoms with E-state index in [2.05, 4.69) is 29.4 Å². The number of morpholine rings is 1. The average Bonchev–Trinajstić information content (AvgIpc) is 2.37. The third-order valence-corrected chi connectivity index (χ3v) is 3.74. The number of amides is 1. The van der Waals surface area contributed by atoms with Crippen molar-refractivity contribution in [1.29, 1.82) is 0 Å². The predicted molar refractivity (Wildman–Crippen MR) is 77.2 cm³/mol. The van der Waals surface area contributed by atoms with Crippen LogP contribution in [0.1, 0.15) is 34.6 Å². The Labute approximate surface area is 117 Å². The molecule has 19 heavy (non-hydrogen) atoms. The van der Waals surface area contributed by atoms with E-state index in [-0.39, 0.29) is 11.4 Å². The first-order valence-electron chi connectivity index (χ1n) is 7.16. The van der Waals surface area contributed by atoms with E-state index in [9.17, 15) is 4.79 Å². The lowest BCUT2D eigenvalue weighted by molar-refractivity contribution is -0.127. The van der Waals surface area contributed by atoms with Gasteiger partial charge in [-0.15, -0.1) is 0 Å². The molecule has 5 nitrogen and oxygen atoms in total. The molecule has 5 heteroatoms. The highest BCUT2D eigenvalue weighted by atomic mass is 16.5. The second-order valence-corrected chi connectivity index (χ2v) is 6.25.